The van der Waals surface area contributed by atoms with E-state index in [0.29, 0.717) is 48.4 Å². The Morgan fingerprint density at radius 2 is 1.62 bits per heavy atom. The van der Waals surface area contributed by atoms with Crippen LogP contribution in [-0.4, -0.2) is 48.4 Å². The summed E-state index contributed by atoms with van der Waals surface area (Å²) in [4.78, 5) is 16.3. The third-order valence-corrected chi connectivity index (χ3v) is 5.37. The van der Waals surface area contributed by atoms with Gasteiger partial charge in [-0.2, -0.15) is 13.2 Å². The molecule has 1 saturated heterocycles. The van der Waals surface area contributed by atoms with E-state index in [4.69, 9.17) is 0 Å². The number of amides is 1. The van der Waals surface area contributed by atoms with E-state index in [1.807, 2.05) is 4.90 Å². The number of anilines is 1. The molecule has 156 valence electrons. The second-order valence-corrected chi connectivity index (χ2v) is 7.74. The fraction of sp³-hybridized carbons (Fsp3) is 0.350. The van der Waals surface area contributed by atoms with Gasteiger partial charge in [0, 0.05) is 44.0 Å². The highest BCUT2D eigenvalue weighted by Crippen LogP contribution is 2.29. The number of hydrogen-bond acceptors (Lipinski definition) is 3. The molecule has 0 unspecified atom stereocenters. The van der Waals surface area contributed by atoms with Crippen molar-refractivity contribution in [2.75, 3.05) is 38.0 Å². The summed E-state index contributed by atoms with van der Waals surface area (Å²) in [5.41, 5.74) is 0.188. The van der Waals surface area contributed by atoms with E-state index in [-0.39, 0.29) is 18.3 Å². The van der Waals surface area contributed by atoms with Crippen molar-refractivity contribution in [2.24, 2.45) is 0 Å². The number of benzene rings is 2. The van der Waals surface area contributed by atoms with E-state index >= 15 is 0 Å². The Kier molecular flexibility index (Phi) is 6.92. The van der Waals surface area contributed by atoms with Crippen molar-refractivity contribution in [3.05, 3.63) is 63.9 Å². The molecule has 9 heteroatoms. The van der Waals surface area contributed by atoms with Crippen molar-refractivity contribution >= 4 is 27.5 Å². The predicted molar refractivity (Wildman–Crippen MR) is 106 cm³/mol. The average Bonchev–Trinajstić information content (AvgIpc) is 2.66. The van der Waals surface area contributed by atoms with Crippen molar-refractivity contribution in [1.29, 1.82) is 0 Å². The van der Waals surface area contributed by atoms with Crippen LogP contribution < -0.4 is 5.32 Å². The van der Waals surface area contributed by atoms with Crippen LogP contribution in [0.3, 0.4) is 0 Å². The number of halogens is 5. The smallest absolute Gasteiger partial charge is 0.325 e. The monoisotopic (exact) mass is 473 g/mol. The summed E-state index contributed by atoms with van der Waals surface area (Å²) >= 11 is 3.19. The molecule has 0 saturated carbocycles. The first-order chi connectivity index (χ1) is 13.7. The standard InChI is InChI=1S/C20H20BrF4N3O/c21-17-3-1-2-14(19(17)22)12-27-8-10-28(11-9-27)13-18(29)26-16-6-4-15(5-7-16)20(23,24)25/h1-7H,8-13H2,(H,26,29). The van der Waals surface area contributed by atoms with Gasteiger partial charge in [-0.25, -0.2) is 4.39 Å². The number of alkyl halides is 3. The first-order valence-electron chi connectivity index (χ1n) is 9.07. The van der Waals surface area contributed by atoms with Crippen molar-refractivity contribution in [1.82, 2.24) is 9.80 Å². The van der Waals surface area contributed by atoms with Gasteiger partial charge in [0.2, 0.25) is 5.91 Å². The Bertz CT molecular complexity index is 850. The molecular formula is C20H20BrF4N3O. The zero-order chi connectivity index (χ0) is 21.0. The SMILES string of the molecule is O=C(CN1CCN(Cc2cccc(Br)c2F)CC1)Nc1ccc(C(F)(F)F)cc1. The molecule has 29 heavy (non-hydrogen) atoms. The van der Waals surface area contributed by atoms with Gasteiger partial charge in [-0.3, -0.25) is 14.6 Å². The Morgan fingerprint density at radius 1 is 1.00 bits per heavy atom. The molecule has 0 aliphatic carbocycles. The molecule has 1 amide bonds. The zero-order valence-electron chi connectivity index (χ0n) is 15.5. The molecule has 1 fully saturated rings. The van der Waals surface area contributed by atoms with Gasteiger partial charge in [0.15, 0.2) is 0 Å². The first kappa shape index (κ1) is 21.7. The molecule has 1 aliphatic rings. The molecule has 0 atom stereocenters. The lowest BCUT2D eigenvalue weighted by atomic mass is 10.2. The fourth-order valence-electron chi connectivity index (χ4n) is 3.16. The summed E-state index contributed by atoms with van der Waals surface area (Å²) < 4.78 is 52.3. The highest BCUT2D eigenvalue weighted by molar-refractivity contribution is 9.10. The molecule has 1 N–H and O–H groups in total. The van der Waals surface area contributed by atoms with Crippen molar-refractivity contribution < 1.29 is 22.4 Å². The molecule has 3 rings (SSSR count). The Labute approximate surface area is 174 Å². The number of hydrogen-bond donors (Lipinski definition) is 1. The van der Waals surface area contributed by atoms with Crippen LogP contribution in [0.15, 0.2) is 46.9 Å². The molecule has 0 spiro atoms. The normalized spacial score (nSPS) is 16.0. The van der Waals surface area contributed by atoms with E-state index in [9.17, 15) is 22.4 Å². The minimum absolute atomic E-state index is 0.153. The van der Waals surface area contributed by atoms with Crippen LogP contribution >= 0.6 is 15.9 Å². The van der Waals surface area contributed by atoms with E-state index < -0.39 is 11.7 Å². The summed E-state index contributed by atoms with van der Waals surface area (Å²) in [6.07, 6.45) is -4.40. The van der Waals surface area contributed by atoms with Crippen molar-refractivity contribution in [2.45, 2.75) is 12.7 Å². The van der Waals surface area contributed by atoms with E-state index in [1.54, 1.807) is 18.2 Å². The zero-order valence-corrected chi connectivity index (χ0v) is 17.1. The summed E-state index contributed by atoms with van der Waals surface area (Å²) in [5, 5.41) is 2.62. The van der Waals surface area contributed by atoms with Gasteiger partial charge in [0.25, 0.3) is 0 Å². The van der Waals surface area contributed by atoms with Crippen molar-refractivity contribution in [3.63, 3.8) is 0 Å². The lowest BCUT2D eigenvalue weighted by Gasteiger charge is -2.34. The molecular weight excluding hydrogens is 454 g/mol. The first-order valence-corrected chi connectivity index (χ1v) is 9.86. The quantitative estimate of drug-likeness (QED) is 0.655. The highest BCUT2D eigenvalue weighted by Gasteiger charge is 2.30. The second-order valence-electron chi connectivity index (χ2n) is 6.89. The van der Waals surface area contributed by atoms with Crippen LogP contribution in [0.2, 0.25) is 0 Å². The summed E-state index contributed by atoms with van der Waals surface area (Å²) in [7, 11) is 0. The Morgan fingerprint density at radius 3 is 2.24 bits per heavy atom. The van der Waals surface area contributed by atoms with E-state index in [2.05, 4.69) is 26.1 Å². The van der Waals surface area contributed by atoms with Crippen molar-refractivity contribution in [3.8, 4) is 0 Å². The van der Waals surface area contributed by atoms with Crippen LogP contribution in [0.1, 0.15) is 11.1 Å². The van der Waals surface area contributed by atoms with Crippen LogP contribution in [0, 0.1) is 5.82 Å². The van der Waals surface area contributed by atoms with Crippen LogP contribution in [0.4, 0.5) is 23.2 Å². The maximum atomic E-state index is 14.1. The maximum Gasteiger partial charge on any atom is 0.416 e. The summed E-state index contributed by atoms with van der Waals surface area (Å²) in [5.74, 6) is -0.540. The third kappa shape index (κ3) is 6.01. The number of carbonyl (C=O) groups excluding carboxylic acids is 1. The van der Waals surface area contributed by atoms with Gasteiger partial charge < -0.3 is 5.32 Å². The van der Waals surface area contributed by atoms with Gasteiger partial charge >= 0.3 is 6.18 Å². The summed E-state index contributed by atoms with van der Waals surface area (Å²) in [6.45, 7) is 3.34. The molecule has 2 aromatic rings. The van der Waals surface area contributed by atoms with Gasteiger partial charge in [-0.05, 0) is 46.3 Å². The minimum atomic E-state index is -4.40. The van der Waals surface area contributed by atoms with Crippen LogP contribution in [0.25, 0.3) is 0 Å². The number of carbonyl (C=O) groups is 1. The number of rotatable bonds is 5. The predicted octanol–water partition coefficient (Wildman–Crippen LogP) is 4.36. The van der Waals surface area contributed by atoms with Gasteiger partial charge in [0.05, 0.1) is 16.6 Å². The Hall–Kier alpha value is -1.97. The lowest BCUT2D eigenvalue weighted by Crippen LogP contribution is -2.48. The van der Waals surface area contributed by atoms with Crippen LogP contribution in [-0.2, 0) is 17.5 Å². The number of piperazine rings is 1. The van der Waals surface area contributed by atoms with Gasteiger partial charge in [-0.1, -0.05) is 12.1 Å². The molecule has 0 bridgehead atoms. The second kappa shape index (κ2) is 9.23. The molecule has 1 aliphatic heterocycles. The molecule has 0 aromatic heterocycles. The summed E-state index contributed by atoms with van der Waals surface area (Å²) in [6, 6.07) is 9.57. The number of nitrogens with one attached hydrogen (secondary N) is 1. The third-order valence-electron chi connectivity index (χ3n) is 4.75. The number of nitrogens with zero attached hydrogens (tertiary/aromatic N) is 2. The fourth-order valence-corrected chi connectivity index (χ4v) is 3.57. The van der Waals surface area contributed by atoms with Gasteiger partial charge in [-0.15, -0.1) is 0 Å². The molecule has 1 heterocycles. The molecule has 0 radical (unpaired) electrons. The maximum absolute atomic E-state index is 14.1. The largest absolute Gasteiger partial charge is 0.416 e. The van der Waals surface area contributed by atoms with E-state index in [0.717, 1.165) is 12.1 Å². The average molecular weight is 474 g/mol. The lowest BCUT2D eigenvalue weighted by molar-refractivity contribution is -0.137. The molecule has 2 aromatic carbocycles. The highest BCUT2D eigenvalue weighted by atomic mass is 79.9. The Balaban J connectivity index is 1.45. The molecule has 4 nitrogen and oxygen atoms in total. The topological polar surface area (TPSA) is 35.6 Å². The van der Waals surface area contributed by atoms with E-state index in [1.165, 1.54) is 12.1 Å². The van der Waals surface area contributed by atoms with Gasteiger partial charge in [0.1, 0.15) is 5.82 Å². The van der Waals surface area contributed by atoms with Crippen LogP contribution in [0.5, 0.6) is 0 Å². The minimum Gasteiger partial charge on any atom is -0.325 e.